The molecule has 0 bridgehead atoms. The van der Waals surface area contributed by atoms with Gasteiger partial charge in [-0.2, -0.15) is 0 Å². The van der Waals surface area contributed by atoms with Crippen LogP contribution in [0, 0.1) is 0 Å². The second kappa shape index (κ2) is 6.65. The van der Waals surface area contributed by atoms with E-state index in [9.17, 15) is 5.11 Å². The Kier molecular flexibility index (Phi) is 4.90. The van der Waals surface area contributed by atoms with Crippen LogP contribution in [0.5, 0.6) is 5.75 Å². The van der Waals surface area contributed by atoms with Crippen LogP contribution in [0.25, 0.3) is 0 Å². The van der Waals surface area contributed by atoms with E-state index in [0.717, 1.165) is 16.2 Å². The molecule has 19 heavy (non-hydrogen) atoms. The van der Waals surface area contributed by atoms with Gasteiger partial charge in [0, 0.05) is 18.7 Å². The lowest BCUT2D eigenvalue weighted by Gasteiger charge is -2.20. The van der Waals surface area contributed by atoms with Crippen molar-refractivity contribution in [2.75, 3.05) is 13.2 Å². The van der Waals surface area contributed by atoms with E-state index >= 15 is 0 Å². The summed E-state index contributed by atoms with van der Waals surface area (Å²) in [6, 6.07) is 7.71. The summed E-state index contributed by atoms with van der Waals surface area (Å²) in [5.74, 6) is 0.699. The highest BCUT2D eigenvalue weighted by atomic mass is 32.1. The van der Waals surface area contributed by atoms with Crippen LogP contribution in [0.4, 0.5) is 0 Å². The molecule has 0 spiro atoms. The molecule has 1 aromatic carbocycles. The fourth-order valence-electron chi connectivity index (χ4n) is 2.00. The summed E-state index contributed by atoms with van der Waals surface area (Å²) in [6.45, 7) is 2.97. The van der Waals surface area contributed by atoms with E-state index in [1.54, 1.807) is 11.7 Å². The van der Waals surface area contributed by atoms with Crippen LogP contribution < -0.4 is 10.5 Å². The number of benzene rings is 1. The first-order valence-electron chi connectivity index (χ1n) is 6.25. The molecule has 2 atom stereocenters. The number of hydrogen-bond donors (Lipinski definition) is 2. The molecule has 0 fully saturated rings. The molecule has 2 aromatic rings. The van der Waals surface area contributed by atoms with Gasteiger partial charge >= 0.3 is 0 Å². The molecule has 1 aromatic heterocycles. The topological polar surface area (TPSA) is 68.4 Å². The molecule has 2 unspecified atom stereocenters. The van der Waals surface area contributed by atoms with Crippen LogP contribution in [0.15, 0.2) is 36.0 Å². The molecule has 0 radical (unpaired) electrons. The minimum atomic E-state index is -0.615. The Bertz CT molecular complexity index is 485. The number of hydrogen-bond acceptors (Lipinski definition) is 5. The lowest BCUT2D eigenvalue weighted by Crippen LogP contribution is -2.19. The Labute approximate surface area is 116 Å². The molecule has 3 N–H and O–H groups in total. The quantitative estimate of drug-likeness (QED) is 0.851. The van der Waals surface area contributed by atoms with Crippen LogP contribution in [0.1, 0.15) is 29.4 Å². The summed E-state index contributed by atoms with van der Waals surface area (Å²) in [4.78, 5) is 4.83. The Hall–Kier alpha value is -1.43. The first-order chi connectivity index (χ1) is 9.26. The average Bonchev–Trinajstić information content (AvgIpc) is 2.96. The van der Waals surface area contributed by atoms with E-state index in [1.165, 1.54) is 11.3 Å². The van der Waals surface area contributed by atoms with Gasteiger partial charge in [0.1, 0.15) is 5.75 Å². The molecule has 0 aliphatic heterocycles. The molecule has 0 saturated heterocycles. The van der Waals surface area contributed by atoms with Gasteiger partial charge in [0.25, 0.3) is 0 Å². The predicted molar refractivity (Wildman–Crippen MR) is 76.5 cm³/mol. The van der Waals surface area contributed by atoms with Crippen molar-refractivity contribution in [1.82, 2.24) is 4.98 Å². The van der Waals surface area contributed by atoms with Crippen molar-refractivity contribution < 1.29 is 9.84 Å². The van der Waals surface area contributed by atoms with E-state index in [2.05, 4.69) is 4.98 Å². The predicted octanol–water partition coefficient (Wildman–Crippen LogP) is 2.32. The Morgan fingerprint density at radius 1 is 1.37 bits per heavy atom. The summed E-state index contributed by atoms with van der Waals surface area (Å²) in [5, 5.41) is 10.4. The summed E-state index contributed by atoms with van der Waals surface area (Å²) in [5.41, 5.74) is 8.52. The van der Waals surface area contributed by atoms with Gasteiger partial charge in [-0.15, -0.1) is 11.3 Å². The fourth-order valence-corrected chi connectivity index (χ4v) is 2.66. The number of ether oxygens (including phenoxy) is 1. The van der Waals surface area contributed by atoms with Crippen LogP contribution in [-0.4, -0.2) is 23.2 Å². The number of aliphatic hydroxyl groups is 1. The molecule has 0 saturated carbocycles. The summed E-state index contributed by atoms with van der Waals surface area (Å²) < 4.78 is 5.41. The molecule has 0 aliphatic rings. The first-order valence-corrected chi connectivity index (χ1v) is 7.13. The molecule has 2 rings (SSSR count). The molecule has 4 nitrogen and oxygen atoms in total. The third-order valence-electron chi connectivity index (χ3n) is 3.00. The van der Waals surface area contributed by atoms with Gasteiger partial charge in [-0.3, -0.25) is 4.98 Å². The highest BCUT2D eigenvalue weighted by molar-refractivity contribution is 7.09. The third-order valence-corrected chi connectivity index (χ3v) is 3.84. The third kappa shape index (κ3) is 3.32. The van der Waals surface area contributed by atoms with E-state index < -0.39 is 6.10 Å². The molecular formula is C14H18N2O2S. The zero-order valence-electron chi connectivity index (χ0n) is 10.8. The van der Waals surface area contributed by atoms with Gasteiger partial charge < -0.3 is 15.6 Å². The highest BCUT2D eigenvalue weighted by Gasteiger charge is 2.22. The minimum absolute atomic E-state index is 0.129. The van der Waals surface area contributed by atoms with Crippen LogP contribution in [-0.2, 0) is 0 Å². The van der Waals surface area contributed by atoms with Crippen LogP contribution >= 0.6 is 11.3 Å². The second-order valence-electron chi connectivity index (χ2n) is 4.19. The first kappa shape index (κ1) is 14.0. The van der Waals surface area contributed by atoms with Crippen molar-refractivity contribution in [3.05, 3.63) is 46.4 Å². The Morgan fingerprint density at radius 3 is 2.63 bits per heavy atom. The number of aliphatic hydroxyl groups excluding tert-OH is 1. The zero-order valence-corrected chi connectivity index (χ0v) is 11.6. The van der Waals surface area contributed by atoms with Crippen molar-refractivity contribution in [3.63, 3.8) is 0 Å². The lowest BCUT2D eigenvalue weighted by molar-refractivity contribution is 0.151. The molecule has 1 heterocycles. The van der Waals surface area contributed by atoms with Crippen LogP contribution in [0.2, 0.25) is 0 Å². The van der Waals surface area contributed by atoms with Gasteiger partial charge in [0.05, 0.1) is 23.1 Å². The van der Waals surface area contributed by atoms with Crippen molar-refractivity contribution in [2.45, 2.75) is 18.9 Å². The van der Waals surface area contributed by atoms with Crippen molar-refractivity contribution in [1.29, 1.82) is 0 Å². The number of rotatable bonds is 6. The second-order valence-corrected chi connectivity index (χ2v) is 5.11. The maximum atomic E-state index is 10.4. The maximum absolute atomic E-state index is 10.4. The van der Waals surface area contributed by atoms with Gasteiger partial charge in [0.2, 0.25) is 0 Å². The molecule has 5 heteroatoms. The zero-order chi connectivity index (χ0) is 13.7. The van der Waals surface area contributed by atoms with Gasteiger partial charge in [-0.1, -0.05) is 12.1 Å². The van der Waals surface area contributed by atoms with Crippen molar-refractivity contribution in [2.24, 2.45) is 5.73 Å². The number of thiazole rings is 1. The largest absolute Gasteiger partial charge is 0.494 e. The molecule has 0 amide bonds. The SMILES string of the molecule is CCOc1ccc(C(CN)C(O)c2cncs2)cc1. The molecular weight excluding hydrogens is 260 g/mol. The normalized spacial score (nSPS) is 14.1. The molecule has 0 aliphatic carbocycles. The summed E-state index contributed by atoms with van der Waals surface area (Å²) in [6.07, 6.45) is 1.07. The van der Waals surface area contributed by atoms with Gasteiger partial charge in [0.15, 0.2) is 0 Å². The smallest absolute Gasteiger partial charge is 0.119 e. The van der Waals surface area contributed by atoms with E-state index in [-0.39, 0.29) is 5.92 Å². The maximum Gasteiger partial charge on any atom is 0.119 e. The van der Waals surface area contributed by atoms with Gasteiger partial charge in [-0.05, 0) is 24.6 Å². The minimum Gasteiger partial charge on any atom is -0.494 e. The summed E-state index contributed by atoms with van der Waals surface area (Å²) in [7, 11) is 0. The number of nitrogens with two attached hydrogens (primary N) is 1. The van der Waals surface area contributed by atoms with E-state index in [1.807, 2.05) is 31.2 Å². The van der Waals surface area contributed by atoms with Gasteiger partial charge in [-0.25, -0.2) is 0 Å². The van der Waals surface area contributed by atoms with E-state index in [0.29, 0.717) is 13.2 Å². The highest BCUT2D eigenvalue weighted by Crippen LogP contribution is 2.32. The fraction of sp³-hybridized carbons (Fsp3) is 0.357. The molecule has 102 valence electrons. The van der Waals surface area contributed by atoms with E-state index in [4.69, 9.17) is 10.5 Å². The average molecular weight is 278 g/mol. The number of aromatic nitrogens is 1. The monoisotopic (exact) mass is 278 g/mol. The Balaban J connectivity index is 2.17. The van der Waals surface area contributed by atoms with Crippen molar-refractivity contribution >= 4 is 11.3 Å². The lowest BCUT2D eigenvalue weighted by atomic mass is 9.93. The standard InChI is InChI=1S/C14H18N2O2S/c1-2-18-11-5-3-10(4-6-11)12(7-15)14(17)13-8-16-9-19-13/h3-6,8-9,12,14,17H,2,7,15H2,1H3. The number of nitrogens with zero attached hydrogens (tertiary/aromatic N) is 1. The van der Waals surface area contributed by atoms with Crippen LogP contribution in [0.3, 0.4) is 0 Å². The Morgan fingerprint density at radius 2 is 2.11 bits per heavy atom. The summed E-state index contributed by atoms with van der Waals surface area (Å²) >= 11 is 1.44. The van der Waals surface area contributed by atoms with Crippen molar-refractivity contribution in [3.8, 4) is 5.75 Å².